The number of nitrogens with two attached hydrogens (primary N) is 1. The summed E-state index contributed by atoms with van der Waals surface area (Å²) in [6.45, 7) is 3.61. The zero-order valence-electron chi connectivity index (χ0n) is 13.6. The maximum absolute atomic E-state index is 11.9. The van der Waals surface area contributed by atoms with Crippen molar-refractivity contribution in [3.63, 3.8) is 0 Å². The average Bonchev–Trinajstić information content (AvgIpc) is 2.55. The summed E-state index contributed by atoms with van der Waals surface area (Å²) in [6.07, 6.45) is 2.19. The van der Waals surface area contributed by atoms with Crippen molar-refractivity contribution in [3.8, 4) is 5.75 Å². The Labute approximate surface area is 137 Å². The summed E-state index contributed by atoms with van der Waals surface area (Å²) in [5.41, 5.74) is 7.26. The molecule has 2 rings (SSSR count). The van der Waals surface area contributed by atoms with Gasteiger partial charge in [-0.2, -0.15) is 0 Å². The fraction of sp³-hybridized carbons (Fsp3) is 0.316. The molecule has 0 amide bonds. The fourth-order valence-electron chi connectivity index (χ4n) is 2.30. The maximum atomic E-state index is 11.9. The Morgan fingerprint density at radius 3 is 2.26 bits per heavy atom. The highest BCUT2D eigenvalue weighted by Gasteiger charge is 2.30. The topological polar surface area (TPSA) is 61.6 Å². The minimum absolute atomic E-state index is 0.475. The number of hydrogen-bond acceptors (Lipinski definition) is 4. The van der Waals surface area contributed by atoms with Crippen LogP contribution in [0.25, 0.3) is 0 Å². The third-order valence-electron chi connectivity index (χ3n) is 3.62. The summed E-state index contributed by atoms with van der Waals surface area (Å²) in [6, 6.07) is 17.7. The van der Waals surface area contributed by atoms with Gasteiger partial charge in [0.25, 0.3) is 0 Å². The van der Waals surface area contributed by atoms with Gasteiger partial charge in [0.05, 0.1) is 0 Å². The summed E-state index contributed by atoms with van der Waals surface area (Å²) in [5.74, 6) is -0.0878. The molecule has 4 nitrogen and oxygen atoms in total. The van der Waals surface area contributed by atoms with Crippen LogP contribution in [0.3, 0.4) is 0 Å². The minimum atomic E-state index is -1.03. The van der Waals surface area contributed by atoms with Gasteiger partial charge in [0.1, 0.15) is 5.54 Å². The first-order valence-corrected chi connectivity index (χ1v) is 7.82. The highest BCUT2D eigenvalue weighted by atomic mass is 17.2. The van der Waals surface area contributed by atoms with Crippen LogP contribution in [0.2, 0.25) is 0 Å². The molecule has 0 aliphatic rings. The largest absolute Gasteiger partial charge is 0.374 e. The molecule has 23 heavy (non-hydrogen) atoms. The molecule has 1 atom stereocenters. The Morgan fingerprint density at radius 1 is 1.04 bits per heavy atom. The van der Waals surface area contributed by atoms with Crippen LogP contribution in [0.1, 0.15) is 37.8 Å². The van der Waals surface area contributed by atoms with Gasteiger partial charge in [-0.15, -0.1) is 0 Å². The van der Waals surface area contributed by atoms with E-state index in [1.54, 1.807) is 19.1 Å². The predicted octanol–water partition coefficient (Wildman–Crippen LogP) is 3.63. The van der Waals surface area contributed by atoms with Crippen molar-refractivity contribution < 1.29 is 14.6 Å². The van der Waals surface area contributed by atoms with Crippen LogP contribution in [0.15, 0.2) is 54.6 Å². The quantitative estimate of drug-likeness (QED) is 0.626. The third kappa shape index (κ3) is 5.11. The summed E-state index contributed by atoms with van der Waals surface area (Å²) < 4.78 is 0. The van der Waals surface area contributed by atoms with Gasteiger partial charge in [-0.05, 0) is 43.0 Å². The Hall–Kier alpha value is -2.33. The Morgan fingerprint density at radius 2 is 1.65 bits per heavy atom. The van der Waals surface area contributed by atoms with Gasteiger partial charge in [-0.25, -0.2) is 9.68 Å². The van der Waals surface area contributed by atoms with Crippen molar-refractivity contribution in [3.05, 3.63) is 65.7 Å². The lowest BCUT2D eigenvalue weighted by atomic mass is 9.98. The number of benzene rings is 2. The molecule has 0 heterocycles. The van der Waals surface area contributed by atoms with Gasteiger partial charge < -0.3 is 5.73 Å². The second-order valence-corrected chi connectivity index (χ2v) is 5.93. The summed E-state index contributed by atoms with van der Waals surface area (Å²) in [5, 5.41) is 0. The van der Waals surface area contributed by atoms with Crippen molar-refractivity contribution in [2.75, 3.05) is 0 Å². The van der Waals surface area contributed by atoms with Crippen LogP contribution in [0, 0.1) is 0 Å². The summed E-state index contributed by atoms with van der Waals surface area (Å²) in [4.78, 5) is 21.8. The second kappa shape index (κ2) is 7.79. The zero-order valence-corrected chi connectivity index (χ0v) is 13.6. The van der Waals surface area contributed by atoms with Crippen molar-refractivity contribution in [2.24, 2.45) is 5.73 Å². The van der Waals surface area contributed by atoms with Gasteiger partial charge in [-0.1, -0.05) is 55.8 Å². The Kier molecular flexibility index (Phi) is 5.77. The summed E-state index contributed by atoms with van der Waals surface area (Å²) >= 11 is 0. The summed E-state index contributed by atoms with van der Waals surface area (Å²) in [7, 11) is 0. The smallest absolute Gasteiger partial charge is 0.316 e. The average molecular weight is 313 g/mol. The number of hydrogen-bond donors (Lipinski definition) is 1. The molecule has 0 fully saturated rings. The molecule has 2 aromatic rings. The zero-order chi connectivity index (χ0) is 16.7. The van der Waals surface area contributed by atoms with Crippen molar-refractivity contribution in [1.82, 2.24) is 0 Å². The normalized spacial score (nSPS) is 13.2. The molecule has 2 aromatic carbocycles. The molecular weight excluding hydrogens is 290 g/mol. The van der Waals surface area contributed by atoms with Crippen LogP contribution in [-0.4, -0.2) is 11.5 Å². The minimum Gasteiger partial charge on any atom is -0.316 e. The van der Waals surface area contributed by atoms with E-state index in [2.05, 4.69) is 12.1 Å². The molecule has 0 aromatic heterocycles. The van der Waals surface area contributed by atoms with Crippen LogP contribution in [-0.2, 0) is 16.1 Å². The molecule has 0 aliphatic heterocycles. The van der Waals surface area contributed by atoms with E-state index in [-0.39, 0.29) is 0 Å². The van der Waals surface area contributed by atoms with Crippen molar-refractivity contribution in [1.29, 1.82) is 0 Å². The standard InChI is InChI=1S/C19H23NO3/c1-3-13-19(2,20)18(21)23-22-17-11-9-16(10-12-17)14-15-7-5-4-6-8-15/h4-12H,3,13-14,20H2,1-2H3. The first-order chi connectivity index (χ1) is 11.0. The SMILES string of the molecule is CCCC(C)(N)C(=O)OOc1ccc(Cc2ccccc2)cc1. The highest BCUT2D eigenvalue weighted by Crippen LogP contribution is 2.17. The number of rotatable bonds is 7. The lowest BCUT2D eigenvalue weighted by molar-refractivity contribution is -0.219. The predicted molar refractivity (Wildman–Crippen MR) is 89.9 cm³/mol. The van der Waals surface area contributed by atoms with Crippen LogP contribution in [0.5, 0.6) is 5.75 Å². The van der Waals surface area contributed by atoms with E-state index in [0.29, 0.717) is 12.2 Å². The molecule has 122 valence electrons. The van der Waals surface area contributed by atoms with E-state index in [1.807, 2.05) is 37.3 Å². The lowest BCUT2D eigenvalue weighted by Gasteiger charge is -2.20. The fourth-order valence-corrected chi connectivity index (χ4v) is 2.30. The molecule has 0 bridgehead atoms. The monoisotopic (exact) mass is 313 g/mol. The molecular formula is C19H23NO3. The molecule has 0 radical (unpaired) electrons. The molecule has 0 saturated heterocycles. The number of carbonyl (C=O) groups is 1. The molecule has 4 heteroatoms. The first kappa shape index (κ1) is 17.0. The van der Waals surface area contributed by atoms with Crippen LogP contribution < -0.4 is 10.6 Å². The van der Waals surface area contributed by atoms with E-state index in [1.165, 1.54) is 5.56 Å². The van der Waals surface area contributed by atoms with Crippen molar-refractivity contribution >= 4 is 5.97 Å². The second-order valence-electron chi connectivity index (χ2n) is 5.93. The van der Waals surface area contributed by atoms with Crippen molar-refractivity contribution in [2.45, 2.75) is 38.6 Å². The third-order valence-corrected chi connectivity index (χ3v) is 3.62. The van der Waals surface area contributed by atoms with E-state index >= 15 is 0 Å². The Bertz CT molecular complexity index is 621. The van der Waals surface area contributed by atoms with E-state index in [4.69, 9.17) is 15.5 Å². The Balaban J connectivity index is 1.89. The highest BCUT2D eigenvalue weighted by molar-refractivity contribution is 5.79. The molecule has 0 aliphatic carbocycles. The molecule has 1 unspecified atom stereocenters. The van der Waals surface area contributed by atoms with Gasteiger partial charge in [0.15, 0.2) is 5.75 Å². The van der Waals surface area contributed by atoms with E-state index in [0.717, 1.165) is 18.4 Å². The van der Waals surface area contributed by atoms with Gasteiger partial charge in [0.2, 0.25) is 0 Å². The molecule has 0 saturated carbocycles. The first-order valence-electron chi connectivity index (χ1n) is 7.82. The maximum Gasteiger partial charge on any atom is 0.374 e. The number of carbonyl (C=O) groups excluding carboxylic acids is 1. The van der Waals surface area contributed by atoms with E-state index < -0.39 is 11.5 Å². The van der Waals surface area contributed by atoms with E-state index in [9.17, 15) is 4.79 Å². The molecule has 0 spiro atoms. The van der Waals surface area contributed by atoms with Crippen LogP contribution in [0.4, 0.5) is 0 Å². The van der Waals surface area contributed by atoms with Gasteiger partial charge >= 0.3 is 5.97 Å². The van der Waals surface area contributed by atoms with Crippen LogP contribution >= 0.6 is 0 Å². The molecule has 2 N–H and O–H groups in total. The van der Waals surface area contributed by atoms with Gasteiger partial charge in [-0.3, -0.25) is 4.89 Å². The lowest BCUT2D eigenvalue weighted by Crippen LogP contribution is -2.46. The van der Waals surface area contributed by atoms with Gasteiger partial charge in [0, 0.05) is 0 Å².